The van der Waals surface area contributed by atoms with Gasteiger partial charge in [0.2, 0.25) is 0 Å². The average Bonchev–Trinajstić information content (AvgIpc) is 3.13. The first kappa shape index (κ1) is 19.0. The zero-order valence-electron chi connectivity index (χ0n) is 16.6. The number of piperazine rings is 2. The molecule has 2 aromatic heterocycles. The number of amides is 1. The van der Waals surface area contributed by atoms with Crippen LogP contribution >= 0.6 is 11.5 Å². The summed E-state index contributed by atoms with van der Waals surface area (Å²) in [6.07, 6.45) is 0. The van der Waals surface area contributed by atoms with Crippen LogP contribution in [0, 0.1) is 13.8 Å². The van der Waals surface area contributed by atoms with E-state index < -0.39 is 0 Å². The summed E-state index contributed by atoms with van der Waals surface area (Å²) in [5, 5.41) is 3.95. The SMILES string of the molecule is Cc1nc(N2CCN(C)CC2)cc(N2CCN(C(=O)c3snnc3C)CC2)n1. The van der Waals surface area contributed by atoms with Gasteiger partial charge in [-0.15, -0.1) is 5.10 Å². The maximum Gasteiger partial charge on any atom is 0.267 e. The Bertz CT molecular complexity index is 840. The Hall–Kier alpha value is -2.33. The van der Waals surface area contributed by atoms with Crippen LogP contribution in [0.4, 0.5) is 11.6 Å². The van der Waals surface area contributed by atoms with E-state index in [0.717, 1.165) is 56.7 Å². The Labute approximate surface area is 169 Å². The number of aryl methyl sites for hydroxylation is 2. The van der Waals surface area contributed by atoms with E-state index in [1.54, 1.807) is 0 Å². The van der Waals surface area contributed by atoms with Crippen LogP contribution < -0.4 is 9.80 Å². The van der Waals surface area contributed by atoms with Gasteiger partial charge in [0, 0.05) is 58.4 Å². The third-order valence-electron chi connectivity index (χ3n) is 5.37. The van der Waals surface area contributed by atoms with Gasteiger partial charge in [-0.05, 0) is 32.4 Å². The van der Waals surface area contributed by atoms with Crippen LogP contribution in [0.1, 0.15) is 21.2 Å². The quantitative estimate of drug-likeness (QED) is 0.741. The van der Waals surface area contributed by atoms with Crippen LogP contribution in [-0.4, -0.2) is 94.7 Å². The molecule has 0 aliphatic carbocycles. The van der Waals surface area contributed by atoms with E-state index in [1.165, 1.54) is 11.5 Å². The molecule has 0 aromatic carbocycles. The van der Waals surface area contributed by atoms with Crippen molar-refractivity contribution in [2.75, 3.05) is 69.2 Å². The van der Waals surface area contributed by atoms with Gasteiger partial charge in [0.25, 0.3) is 5.91 Å². The van der Waals surface area contributed by atoms with Crippen LogP contribution in [0.2, 0.25) is 0 Å². The van der Waals surface area contributed by atoms with Gasteiger partial charge in [-0.25, -0.2) is 9.97 Å². The Balaban J connectivity index is 1.43. The molecule has 2 saturated heterocycles. The summed E-state index contributed by atoms with van der Waals surface area (Å²) in [6, 6.07) is 2.09. The van der Waals surface area contributed by atoms with Gasteiger partial charge in [0.1, 0.15) is 22.3 Å². The van der Waals surface area contributed by atoms with Crippen molar-refractivity contribution in [1.29, 1.82) is 0 Å². The minimum atomic E-state index is 0.0316. The molecule has 28 heavy (non-hydrogen) atoms. The number of aromatic nitrogens is 4. The lowest BCUT2D eigenvalue weighted by Gasteiger charge is -2.36. The molecule has 9 nitrogen and oxygen atoms in total. The highest BCUT2D eigenvalue weighted by molar-refractivity contribution is 7.07. The van der Waals surface area contributed by atoms with Crippen LogP contribution in [0.3, 0.4) is 0 Å². The van der Waals surface area contributed by atoms with Crippen LogP contribution in [0.5, 0.6) is 0 Å². The summed E-state index contributed by atoms with van der Waals surface area (Å²) in [6.45, 7) is 10.7. The molecule has 0 N–H and O–H groups in total. The summed E-state index contributed by atoms with van der Waals surface area (Å²) < 4.78 is 3.88. The van der Waals surface area contributed by atoms with Crippen molar-refractivity contribution in [3.63, 3.8) is 0 Å². The van der Waals surface area contributed by atoms with Crippen LogP contribution in [0.25, 0.3) is 0 Å². The van der Waals surface area contributed by atoms with Crippen molar-refractivity contribution >= 4 is 29.1 Å². The van der Waals surface area contributed by atoms with Gasteiger partial charge in [-0.1, -0.05) is 4.49 Å². The molecule has 10 heteroatoms. The number of likely N-dealkylation sites (N-methyl/N-ethyl adjacent to an activating group) is 1. The Morgan fingerprint density at radius 3 is 2.04 bits per heavy atom. The summed E-state index contributed by atoms with van der Waals surface area (Å²) in [5.41, 5.74) is 0.709. The number of anilines is 2. The van der Waals surface area contributed by atoms with Crippen LogP contribution in [0.15, 0.2) is 6.07 Å². The molecule has 0 radical (unpaired) electrons. The number of nitrogens with zero attached hydrogens (tertiary/aromatic N) is 8. The second-order valence-electron chi connectivity index (χ2n) is 7.39. The van der Waals surface area contributed by atoms with E-state index in [-0.39, 0.29) is 5.91 Å². The van der Waals surface area contributed by atoms with Gasteiger partial charge >= 0.3 is 0 Å². The van der Waals surface area contributed by atoms with Crippen molar-refractivity contribution < 1.29 is 4.79 Å². The zero-order valence-corrected chi connectivity index (χ0v) is 17.4. The number of hydrogen-bond donors (Lipinski definition) is 0. The molecule has 4 heterocycles. The maximum atomic E-state index is 12.7. The van der Waals surface area contributed by atoms with Gasteiger partial charge in [-0.3, -0.25) is 4.79 Å². The normalized spacial score (nSPS) is 18.6. The first-order chi connectivity index (χ1) is 13.5. The molecule has 0 spiro atoms. The fourth-order valence-corrected chi connectivity index (χ4v) is 4.23. The average molecular weight is 403 g/mol. The molecule has 0 bridgehead atoms. The van der Waals surface area contributed by atoms with Crippen LogP contribution in [-0.2, 0) is 0 Å². The first-order valence-electron chi connectivity index (χ1n) is 9.63. The summed E-state index contributed by atoms with van der Waals surface area (Å²) in [4.78, 5) is 31.4. The second-order valence-corrected chi connectivity index (χ2v) is 8.14. The molecule has 0 atom stereocenters. The van der Waals surface area contributed by atoms with Crippen molar-refractivity contribution in [3.8, 4) is 0 Å². The van der Waals surface area contributed by atoms with Crippen molar-refractivity contribution in [2.45, 2.75) is 13.8 Å². The van der Waals surface area contributed by atoms with E-state index in [2.05, 4.69) is 47.4 Å². The first-order valence-corrected chi connectivity index (χ1v) is 10.4. The molecule has 4 rings (SSSR count). The smallest absolute Gasteiger partial charge is 0.267 e. The van der Waals surface area contributed by atoms with E-state index >= 15 is 0 Å². The second kappa shape index (κ2) is 7.96. The number of hydrogen-bond acceptors (Lipinski definition) is 9. The van der Waals surface area contributed by atoms with Gasteiger partial charge in [0.05, 0.1) is 5.69 Å². The molecule has 2 aliphatic heterocycles. The Kier molecular flexibility index (Phi) is 5.40. The van der Waals surface area contributed by atoms with E-state index in [1.807, 2.05) is 18.7 Å². The highest BCUT2D eigenvalue weighted by Gasteiger charge is 2.26. The predicted octanol–water partition coefficient (Wildman–Crippen LogP) is 0.659. The molecule has 150 valence electrons. The summed E-state index contributed by atoms with van der Waals surface area (Å²) in [5.74, 6) is 2.77. The number of carbonyl (C=O) groups excluding carboxylic acids is 1. The van der Waals surface area contributed by atoms with Gasteiger partial charge < -0.3 is 19.6 Å². The van der Waals surface area contributed by atoms with Crippen molar-refractivity contribution in [2.24, 2.45) is 0 Å². The topological polar surface area (TPSA) is 81.6 Å². The summed E-state index contributed by atoms with van der Waals surface area (Å²) >= 11 is 1.17. The van der Waals surface area contributed by atoms with Gasteiger partial charge in [-0.2, -0.15) is 0 Å². The van der Waals surface area contributed by atoms with E-state index in [0.29, 0.717) is 23.7 Å². The highest BCUT2D eigenvalue weighted by atomic mass is 32.1. The van der Waals surface area contributed by atoms with E-state index in [4.69, 9.17) is 0 Å². The Morgan fingerprint density at radius 2 is 1.50 bits per heavy atom. The largest absolute Gasteiger partial charge is 0.354 e. The zero-order chi connectivity index (χ0) is 19.7. The van der Waals surface area contributed by atoms with Crippen molar-refractivity contribution in [1.82, 2.24) is 29.4 Å². The predicted molar refractivity (Wildman–Crippen MR) is 109 cm³/mol. The lowest BCUT2D eigenvalue weighted by Crippen LogP contribution is -2.49. The lowest BCUT2D eigenvalue weighted by atomic mass is 10.2. The molecule has 1 amide bonds. The minimum Gasteiger partial charge on any atom is -0.354 e. The molecule has 2 aromatic rings. The highest BCUT2D eigenvalue weighted by Crippen LogP contribution is 2.22. The monoisotopic (exact) mass is 402 g/mol. The molecular weight excluding hydrogens is 376 g/mol. The van der Waals surface area contributed by atoms with E-state index in [9.17, 15) is 4.79 Å². The number of rotatable bonds is 3. The lowest BCUT2D eigenvalue weighted by molar-refractivity contribution is 0.0750. The third-order valence-corrected chi connectivity index (χ3v) is 6.19. The number of carbonyl (C=O) groups is 1. The third kappa shape index (κ3) is 3.93. The molecule has 2 fully saturated rings. The van der Waals surface area contributed by atoms with Gasteiger partial charge in [0.15, 0.2) is 0 Å². The van der Waals surface area contributed by atoms with Crippen molar-refractivity contribution in [3.05, 3.63) is 22.5 Å². The molecule has 0 unspecified atom stereocenters. The fourth-order valence-electron chi connectivity index (χ4n) is 3.61. The molecule has 0 saturated carbocycles. The molecule has 2 aliphatic rings. The molecular formula is C18H26N8OS. The maximum absolute atomic E-state index is 12.7. The Morgan fingerprint density at radius 1 is 0.929 bits per heavy atom. The standard InChI is InChI=1S/C18H26N8OS/c1-13-17(28-22-21-13)18(27)26-10-8-25(9-11-26)16-12-15(19-14(2)20-16)24-6-4-23(3)5-7-24/h12H,4-11H2,1-3H3. The fraction of sp³-hybridized carbons (Fsp3) is 0.611. The summed E-state index contributed by atoms with van der Waals surface area (Å²) in [7, 11) is 2.15. The minimum absolute atomic E-state index is 0.0316.